The molecule has 1 heterocycles. The van der Waals surface area contributed by atoms with Gasteiger partial charge in [-0.3, -0.25) is 68.0 Å². The van der Waals surface area contributed by atoms with Gasteiger partial charge in [-0.15, -0.1) is 0 Å². The van der Waals surface area contributed by atoms with Gasteiger partial charge in [0.2, 0.25) is 47.3 Å². The van der Waals surface area contributed by atoms with Gasteiger partial charge < -0.3 is 57.2 Å². The van der Waals surface area contributed by atoms with Gasteiger partial charge in [0.1, 0.15) is 42.3 Å². The second-order valence-electron chi connectivity index (χ2n) is 16.7. The van der Waals surface area contributed by atoms with Crippen molar-refractivity contribution >= 4 is 71.1 Å². The molecule has 25 heteroatoms. The lowest BCUT2D eigenvalue weighted by atomic mass is 9.98. The molecule has 0 aromatic rings. The van der Waals surface area contributed by atoms with Crippen LogP contribution < -0.4 is 37.3 Å². The van der Waals surface area contributed by atoms with Crippen molar-refractivity contribution in [1.29, 1.82) is 0 Å². The van der Waals surface area contributed by atoms with Crippen molar-refractivity contribution in [2.75, 3.05) is 13.1 Å². The van der Waals surface area contributed by atoms with Crippen molar-refractivity contribution in [3.05, 3.63) is 0 Å². The molecule has 0 aromatic heterocycles. The van der Waals surface area contributed by atoms with Crippen LogP contribution in [0.3, 0.4) is 0 Å². The summed E-state index contributed by atoms with van der Waals surface area (Å²) >= 11 is 0. The number of rotatable bonds is 27. The van der Waals surface area contributed by atoms with Crippen molar-refractivity contribution in [3.63, 3.8) is 0 Å². The number of amides is 9. The predicted molar refractivity (Wildman–Crippen MR) is 230 cm³/mol. The van der Waals surface area contributed by atoms with E-state index in [9.17, 15) is 72.9 Å². The van der Waals surface area contributed by atoms with Crippen molar-refractivity contribution in [2.24, 2.45) is 11.8 Å². The van der Waals surface area contributed by atoms with E-state index >= 15 is 0 Å². The average molecular weight is 942 g/mol. The maximum Gasteiger partial charge on any atom is 0.305 e. The predicted octanol–water partition coefficient (Wildman–Crippen LogP) is -2.52. The molecular formula is C41H67N9O16. The summed E-state index contributed by atoms with van der Waals surface area (Å²) in [5.74, 6) is -14.0. The smallest absolute Gasteiger partial charge is 0.305 e. The van der Waals surface area contributed by atoms with Gasteiger partial charge in [0, 0.05) is 32.9 Å². The number of hydrogen-bond donors (Lipinski definition) is 11. The Balaban J connectivity index is 3.35. The molecule has 0 unspecified atom stereocenters. The molecule has 0 aliphatic carbocycles. The number of carbonyl (C=O) groups excluding carboxylic acids is 9. The molecule has 11 N–H and O–H groups in total. The number of carboxylic acid groups (broad SMARTS) is 3. The number of carboxylic acids is 3. The number of hydrazine groups is 1. The van der Waals surface area contributed by atoms with Gasteiger partial charge in [-0.05, 0) is 50.9 Å². The van der Waals surface area contributed by atoms with E-state index in [4.69, 9.17) is 5.11 Å². The molecule has 1 aliphatic rings. The van der Waals surface area contributed by atoms with Crippen LogP contribution in [0.2, 0.25) is 0 Å². The van der Waals surface area contributed by atoms with Crippen molar-refractivity contribution < 1.29 is 78.0 Å². The number of nitrogens with one attached hydrogen (secondary N) is 7. The van der Waals surface area contributed by atoms with E-state index in [-0.39, 0.29) is 31.8 Å². The van der Waals surface area contributed by atoms with Crippen LogP contribution in [0, 0.1) is 11.8 Å². The van der Waals surface area contributed by atoms with E-state index in [1.54, 1.807) is 13.8 Å². The summed E-state index contributed by atoms with van der Waals surface area (Å²) in [6, 6.07) is -11.1. The largest absolute Gasteiger partial charge is 0.481 e. The molecule has 0 bridgehead atoms. The van der Waals surface area contributed by atoms with Gasteiger partial charge in [-0.2, -0.15) is 0 Å². The lowest BCUT2D eigenvalue weighted by Crippen LogP contribution is -2.62. The van der Waals surface area contributed by atoms with Crippen LogP contribution in [0.25, 0.3) is 0 Å². The highest BCUT2D eigenvalue weighted by Gasteiger charge is 2.41. The normalized spacial score (nSPS) is 16.5. The summed E-state index contributed by atoms with van der Waals surface area (Å²) in [6.45, 7) is 12.4. The van der Waals surface area contributed by atoms with Crippen LogP contribution in [0.1, 0.15) is 113 Å². The molecule has 1 fully saturated rings. The van der Waals surface area contributed by atoms with Crippen molar-refractivity contribution in [3.8, 4) is 0 Å². The highest BCUT2D eigenvalue weighted by molar-refractivity contribution is 5.99. The summed E-state index contributed by atoms with van der Waals surface area (Å²) in [6.07, 6.45) is -3.12. The van der Waals surface area contributed by atoms with Gasteiger partial charge >= 0.3 is 17.9 Å². The zero-order valence-electron chi connectivity index (χ0n) is 38.6. The number of likely N-dealkylation sites (tertiary alicyclic amines) is 1. The first-order chi connectivity index (χ1) is 30.7. The van der Waals surface area contributed by atoms with Gasteiger partial charge in [-0.25, -0.2) is 0 Å². The minimum Gasteiger partial charge on any atom is -0.481 e. The van der Waals surface area contributed by atoms with Crippen LogP contribution in [0.15, 0.2) is 0 Å². The number of aliphatic carboxylic acids is 3. The molecule has 9 amide bonds. The molecule has 25 nitrogen and oxygen atoms in total. The topological polar surface area (TPSA) is 376 Å². The average Bonchev–Trinajstić information content (AvgIpc) is 3.71. The summed E-state index contributed by atoms with van der Waals surface area (Å²) in [4.78, 5) is 155. The molecule has 0 saturated carbocycles. The van der Waals surface area contributed by atoms with Crippen LogP contribution in [-0.4, -0.2) is 163 Å². The minimum atomic E-state index is -1.96. The van der Waals surface area contributed by atoms with Gasteiger partial charge in [0.05, 0.1) is 18.9 Å². The van der Waals surface area contributed by atoms with E-state index in [2.05, 4.69) is 37.3 Å². The molecule has 8 atom stereocenters. The fourth-order valence-corrected chi connectivity index (χ4v) is 6.79. The monoisotopic (exact) mass is 941 g/mol. The minimum absolute atomic E-state index is 0.168. The summed E-state index contributed by atoms with van der Waals surface area (Å²) in [5.41, 5.74) is 2.63. The van der Waals surface area contributed by atoms with Crippen LogP contribution in [0.5, 0.6) is 0 Å². The van der Waals surface area contributed by atoms with Crippen molar-refractivity contribution in [1.82, 2.24) is 47.2 Å². The Labute approximate surface area is 382 Å². The standard InChI is InChI=1S/C41H67N9O16/c1-9-12-28(53)50(16-10-2)48-38(63)27-13-11-17-49(27)41(66)33(21(5)6)46-39(64)32(20(3)4)45-37(62)26(19-31(58)59)44-35(60)24(14-15-29(54)55)43-40(65)34(22(7)51)47-36(61)25(18-30(56)57)42-23(8)52/h20-22,24-27,32-34,51H,9-19H2,1-8H3,(H,42,52)(H,43,65)(H,44,60)(H,45,62)(H,46,64)(H,47,61)(H,48,63)(H,54,55)(H,56,57)(H,58,59)/t22-,24+,25+,26+,27-,32+,33+,34+/m1/s1. The Morgan fingerprint density at radius 1 is 0.606 bits per heavy atom. The molecule has 66 heavy (non-hydrogen) atoms. The lowest BCUT2D eigenvalue weighted by Gasteiger charge is -2.33. The molecule has 372 valence electrons. The molecule has 0 spiro atoms. The third-order valence-corrected chi connectivity index (χ3v) is 10.2. The second kappa shape index (κ2) is 27.8. The molecular weight excluding hydrogens is 874 g/mol. The maximum atomic E-state index is 14.0. The Hall–Kier alpha value is -6.40. The summed E-state index contributed by atoms with van der Waals surface area (Å²) in [7, 11) is 0. The van der Waals surface area contributed by atoms with E-state index in [0.717, 1.165) is 13.8 Å². The molecule has 0 aromatic carbocycles. The zero-order chi connectivity index (χ0) is 50.6. The third-order valence-electron chi connectivity index (χ3n) is 10.2. The van der Waals surface area contributed by atoms with E-state index in [1.165, 1.54) is 23.8 Å². The molecule has 1 rings (SSSR count). The highest BCUT2D eigenvalue weighted by Crippen LogP contribution is 2.21. The number of aliphatic hydroxyl groups is 1. The lowest BCUT2D eigenvalue weighted by molar-refractivity contribution is -0.147. The quantitative estimate of drug-likeness (QED) is 0.0379. The zero-order valence-corrected chi connectivity index (χ0v) is 38.6. The fourth-order valence-electron chi connectivity index (χ4n) is 6.79. The van der Waals surface area contributed by atoms with Gasteiger partial charge in [0.15, 0.2) is 0 Å². The van der Waals surface area contributed by atoms with E-state index in [0.29, 0.717) is 19.3 Å². The third kappa shape index (κ3) is 19.0. The number of aliphatic hydroxyl groups excluding tert-OH is 1. The Morgan fingerprint density at radius 2 is 1.09 bits per heavy atom. The highest BCUT2D eigenvalue weighted by atomic mass is 16.4. The van der Waals surface area contributed by atoms with Crippen LogP contribution in [0.4, 0.5) is 0 Å². The first-order valence-electron chi connectivity index (χ1n) is 21.8. The van der Waals surface area contributed by atoms with Gasteiger partial charge in [-0.1, -0.05) is 41.5 Å². The Morgan fingerprint density at radius 3 is 1.56 bits per heavy atom. The molecule has 1 aliphatic heterocycles. The fraction of sp³-hybridized carbons (Fsp3) is 0.707. The van der Waals surface area contributed by atoms with Crippen LogP contribution >= 0.6 is 0 Å². The summed E-state index contributed by atoms with van der Waals surface area (Å²) < 4.78 is 0. The maximum absolute atomic E-state index is 14.0. The SMILES string of the molecule is CCCC(=O)N(CCC)NC(=O)[C@H]1CCCN1C(=O)[C@@H](NC(=O)[C@@H](NC(=O)[C@H](CC(=O)O)NC(=O)[C@H](CCC(=O)O)NC(=O)[C@@H](NC(=O)[C@H](CC(=O)O)NC(C)=O)[C@@H](C)O)C(C)C)C(C)C. The van der Waals surface area contributed by atoms with E-state index in [1.807, 2.05) is 13.8 Å². The first kappa shape index (κ1) is 57.6. The van der Waals surface area contributed by atoms with Crippen LogP contribution in [-0.2, 0) is 57.5 Å². The number of hydrogen-bond acceptors (Lipinski definition) is 13. The summed E-state index contributed by atoms with van der Waals surface area (Å²) in [5, 5.41) is 53.2. The second-order valence-corrected chi connectivity index (χ2v) is 16.7. The Bertz CT molecular complexity index is 1780. The van der Waals surface area contributed by atoms with E-state index < -0.39 is 151 Å². The Kier molecular flexibility index (Phi) is 24.3. The van der Waals surface area contributed by atoms with Gasteiger partial charge in [0.25, 0.3) is 5.91 Å². The molecule has 0 radical (unpaired) electrons. The number of nitrogens with zero attached hydrogens (tertiary/aromatic N) is 2. The van der Waals surface area contributed by atoms with Crippen molar-refractivity contribution in [2.45, 2.75) is 162 Å². The molecule has 1 saturated heterocycles. The first-order valence-corrected chi connectivity index (χ1v) is 21.8. The number of carbonyl (C=O) groups is 12.